The fourth-order valence-electron chi connectivity index (χ4n) is 0.862. The third kappa shape index (κ3) is 2.83. The van der Waals surface area contributed by atoms with Gasteiger partial charge in [-0.15, -0.1) is 0 Å². The molecule has 0 fully saturated rings. The van der Waals surface area contributed by atoms with Crippen LogP contribution in [0.5, 0.6) is 0 Å². The second-order valence-electron chi connectivity index (χ2n) is 2.71. The third-order valence-electron chi connectivity index (χ3n) is 1.46. The van der Waals surface area contributed by atoms with Crippen molar-refractivity contribution in [3.05, 3.63) is 28.7 Å². The predicted molar refractivity (Wildman–Crippen MR) is 54.3 cm³/mol. The van der Waals surface area contributed by atoms with Crippen LogP contribution in [-0.2, 0) is 0 Å². The van der Waals surface area contributed by atoms with Crippen molar-refractivity contribution in [2.45, 2.75) is 13.0 Å². The van der Waals surface area contributed by atoms with E-state index in [4.69, 9.17) is 5.11 Å². The van der Waals surface area contributed by atoms with E-state index in [2.05, 4.69) is 21.2 Å². The van der Waals surface area contributed by atoms with E-state index in [1.54, 1.807) is 6.92 Å². The Morgan fingerprint density at radius 2 is 2.17 bits per heavy atom. The Labute approximate surface area is 80.7 Å². The maximum atomic E-state index is 9.03. The Morgan fingerprint density at radius 3 is 2.75 bits per heavy atom. The smallest absolute Gasteiger partial charge is 0.0684 e. The van der Waals surface area contributed by atoms with Crippen molar-refractivity contribution in [1.29, 1.82) is 0 Å². The minimum atomic E-state index is -0.322. The molecule has 0 heterocycles. The van der Waals surface area contributed by atoms with Gasteiger partial charge in [0.15, 0.2) is 0 Å². The lowest BCUT2D eigenvalue weighted by Gasteiger charge is -2.09. The first-order valence-corrected chi connectivity index (χ1v) is 4.66. The zero-order valence-electron chi connectivity index (χ0n) is 6.92. The molecule has 0 unspecified atom stereocenters. The number of nitrogens with one attached hydrogen (secondary N) is 1. The lowest BCUT2D eigenvalue weighted by Crippen LogP contribution is -2.15. The summed E-state index contributed by atoms with van der Waals surface area (Å²) >= 11 is 3.40. The van der Waals surface area contributed by atoms with Crippen molar-refractivity contribution in [3.8, 4) is 0 Å². The average Bonchev–Trinajstić information content (AvgIpc) is 2.03. The molecule has 2 nitrogen and oxygen atoms in total. The Morgan fingerprint density at radius 1 is 1.50 bits per heavy atom. The van der Waals surface area contributed by atoms with E-state index in [0.717, 1.165) is 10.2 Å². The van der Waals surface area contributed by atoms with Crippen molar-refractivity contribution in [1.82, 2.24) is 0 Å². The molecule has 0 aliphatic rings. The van der Waals surface area contributed by atoms with Crippen LogP contribution in [0.4, 0.5) is 5.69 Å². The zero-order chi connectivity index (χ0) is 8.97. The van der Waals surface area contributed by atoms with Crippen LogP contribution in [0.15, 0.2) is 28.7 Å². The number of aliphatic hydroxyl groups excluding tert-OH is 1. The lowest BCUT2D eigenvalue weighted by atomic mass is 10.3. The Kier molecular flexibility index (Phi) is 3.56. The largest absolute Gasteiger partial charge is 0.392 e. The number of anilines is 1. The summed E-state index contributed by atoms with van der Waals surface area (Å²) in [7, 11) is 0. The molecule has 0 aliphatic carbocycles. The Hall–Kier alpha value is -0.540. The highest BCUT2D eigenvalue weighted by Gasteiger charge is 1.98. The first kappa shape index (κ1) is 9.55. The quantitative estimate of drug-likeness (QED) is 0.834. The number of halogens is 1. The van der Waals surface area contributed by atoms with Crippen LogP contribution in [0, 0.1) is 0 Å². The van der Waals surface area contributed by atoms with Gasteiger partial charge in [0, 0.05) is 16.7 Å². The van der Waals surface area contributed by atoms with Crippen LogP contribution in [-0.4, -0.2) is 17.8 Å². The molecule has 66 valence electrons. The molecule has 0 radical (unpaired) electrons. The molecule has 1 atom stereocenters. The Bertz CT molecular complexity index is 250. The van der Waals surface area contributed by atoms with Crippen LogP contribution in [0.1, 0.15) is 6.92 Å². The number of hydrogen-bond donors (Lipinski definition) is 2. The molecular weight excluding hydrogens is 218 g/mol. The summed E-state index contributed by atoms with van der Waals surface area (Å²) in [4.78, 5) is 0. The SMILES string of the molecule is C[C@H](O)CNc1ccccc1Br. The van der Waals surface area contributed by atoms with Gasteiger partial charge in [0.1, 0.15) is 0 Å². The highest BCUT2D eigenvalue weighted by atomic mass is 79.9. The van der Waals surface area contributed by atoms with E-state index in [0.29, 0.717) is 6.54 Å². The highest BCUT2D eigenvalue weighted by molar-refractivity contribution is 9.10. The number of rotatable bonds is 3. The fourth-order valence-corrected chi connectivity index (χ4v) is 1.29. The van der Waals surface area contributed by atoms with Crippen LogP contribution < -0.4 is 5.32 Å². The molecule has 0 aromatic heterocycles. The molecule has 3 heteroatoms. The zero-order valence-corrected chi connectivity index (χ0v) is 8.51. The molecule has 1 aromatic carbocycles. The average molecular weight is 230 g/mol. The second-order valence-corrected chi connectivity index (χ2v) is 3.56. The fraction of sp³-hybridized carbons (Fsp3) is 0.333. The number of hydrogen-bond acceptors (Lipinski definition) is 2. The van der Waals surface area contributed by atoms with Crippen molar-refractivity contribution >= 4 is 21.6 Å². The monoisotopic (exact) mass is 229 g/mol. The van der Waals surface area contributed by atoms with Gasteiger partial charge in [0.25, 0.3) is 0 Å². The van der Waals surface area contributed by atoms with Crippen LogP contribution in [0.25, 0.3) is 0 Å². The molecule has 0 saturated heterocycles. The van der Waals surface area contributed by atoms with Gasteiger partial charge in [-0.3, -0.25) is 0 Å². The number of para-hydroxylation sites is 1. The molecule has 2 N–H and O–H groups in total. The number of benzene rings is 1. The molecular formula is C9H12BrNO. The second kappa shape index (κ2) is 4.48. The molecule has 0 spiro atoms. The van der Waals surface area contributed by atoms with Crippen molar-refractivity contribution in [2.24, 2.45) is 0 Å². The van der Waals surface area contributed by atoms with E-state index in [-0.39, 0.29) is 6.10 Å². The minimum Gasteiger partial charge on any atom is -0.392 e. The van der Waals surface area contributed by atoms with Crippen LogP contribution in [0.2, 0.25) is 0 Å². The highest BCUT2D eigenvalue weighted by Crippen LogP contribution is 2.20. The topological polar surface area (TPSA) is 32.3 Å². The lowest BCUT2D eigenvalue weighted by molar-refractivity contribution is 0.208. The molecule has 0 aliphatic heterocycles. The summed E-state index contributed by atoms with van der Waals surface area (Å²) in [6.45, 7) is 2.33. The van der Waals surface area contributed by atoms with Gasteiger partial charge in [-0.2, -0.15) is 0 Å². The maximum Gasteiger partial charge on any atom is 0.0684 e. The predicted octanol–water partition coefficient (Wildman–Crippen LogP) is 2.24. The van der Waals surface area contributed by atoms with Crippen LogP contribution in [0.3, 0.4) is 0 Å². The van der Waals surface area contributed by atoms with E-state index in [9.17, 15) is 0 Å². The summed E-state index contributed by atoms with van der Waals surface area (Å²) in [6, 6.07) is 7.84. The maximum absolute atomic E-state index is 9.03. The molecule has 1 aromatic rings. The first-order chi connectivity index (χ1) is 5.70. The summed E-state index contributed by atoms with van der Waals surface area (Å²) in [5.41, 5.74) is 1.01. The minimum absolute atomic E-state index is 0.322. The van der Waals surface area contributed by atoms with Gasteiger partial charge in [0.05, 0.1) is 6.10 Å². The van der Waals surface area contributed by atoms with E-state index in [1.165, 1.54) is 0 Å². The molecule has 0 saturated carbocycles. The summed E-state index contributed by atoms with van der Waals surface area (Å²) in [5, 5.41) is 12.1. The van der Waals surface area contributed by atoms with Crippen molar-refractivity contribution in [3.63, 3.8) is 0 Å². The first-order valence-electron chi connectivity index (χ1n) is 3.86. The van der Waals surface area contributed by atoms with Crippen LogP contribution >= 0.6 is 15.9 Å². The normalized spacial score (nSPS) is 12.6. The molecule has 12 heavy (non-hydrogen) atoms. The summed E-state index contributed by atoms with van der Waals surface area (Å²) in [6.07, 6.45) is -0.322. The van der Waals surface area contributed by atoms with E-state index < -0.39 is 0 Å². The molecule has 0 bridgehead atoms. The third-order valence-corrected chi connectivity index (χ3v) is 2.15. The van der Waals surface area contributed by atoms with E-state index in [1.807, 2.05) is 24.3 Å². The summed E-state index contributed by atoms with van der Waals surface area (Å²) < 4.78 is 1.02. The van der Waals surface area contributed by atoms with Gasteiger partial charge in [0.2, 0.25) is 0 Å². The summed E-state index contributed by atoms with van der Waals surface area (Å²) in [5.74, 6) is 0. The van der Waals surface area contributed by atoms with Crippen molar-refractivity contribution in [2.75, 3.05) is 11.9 Å². The van der Waals surface area contributed by atoms with Crippen molar-refractivity contribution < 1.29 is 5.11 Å². The molecule has 1 rings (SSSR count). The Balaban J connectivity index is 2.57. The number of aliphatic hydroxyl groups is 1. The molecule has 0 amide bonds. The van der Waals surface area contributed by atoms with Gasteiger partial charge < -0.3 is 10.4 Å². The van der Waals surface area contributed by atoms with Gasteiger partial charge in [-0.05, 0) is 35.0 Å². The standard InChI is InChI=1S/C9H12BrNO/c1-7(12)6-11-9-5-3-2-4-8(9)10/h2-5,7,11-12H,6H2,1H3/t7-/m0/s1. The van der Waals surface area contributed by atoms with Gasteiger partial charge >= 0.3 is 0 Å². The van der Waals surface area contributed by atoms with Gasteiger partial charge in [-0.1, -0.05) is 12.1 Å². The van der Waals surface area contributed by atoms with Gasteiger partial charge in [-0.25, -0.2) is 0 Å². The van der Waals surface area contributed by atoms with E-state index >= 15 is 0 Å².